The van der Waals surface area contributed by atoms with Crippen molar-refractivity contribution in [1.29, 1.82) is 0 Å². The van der Waals surface area contributed by atoms with E-state index in [9.17, 15) is 4.79 Å². The van der Waals surface area contributed by atoms with E-state index < -0.39 is 8.03 Å². The van der Waals surface area contributed by atoms with Crippen LogP contribution in [0.15, 0.2) is 0 Å². The fraction of sp³-hybridized carbons (Fsp3) is 0.964. The predicted molar refractivity (Wildman–Crippen MR) is 175 cm³/mol. The van der Waals surface area contributed by atoms with Crippen LogP contribution in [0.5, 0.6) is 0 Å². The van der Waals surface area contributed by atoms with Crippen molar-refractivity contribution in [2.45, 2.75) is 148 Å². The molecule has 4 atom stereocenters. The molecule has 0 bridgehead atoms. The number of hydrogen-bond acceptors (Lipinski definition) is 5. The first kappa shape index (κ1) is 38.7. The molecule has 0 aromatic heterocycles. The lowest BCUT2D eigenvalue weighted by Crippen LogP contribution is -2.45. The molecule has 0 rings (SSSR count). The molecule has 0 saturated heterocycles. The summed E-state index contributed by atoms with van der Waals surface area (Å²) >= 11 is 1.26. The van der Waals surface area contributed by atoms with Crippen LogP contribution in [-0.4, -0.2) is 59.5 Å². The highest BCUT2D eigenvalue weighted by Crippen LogP contribution is 2.30. The molecule has 0 aromatic carbocycles. The maximum absolute atomic E-state index is 12.5. The summed E-state index contributed by atoms with van der Waals surface area (Å²) in [5.41, 5.74) is 0. The van der Waals surface area contributed by atoms with E-state index in [-0.39, 0.29) is 25.7 Å². The van der Waals surface area contributed by atoms with Crippen LogP contribution in [0.4, 0.5) is 0 Å². The van der Waals surface area contributed by atoms with E-state index in [1.54, 1.807) is 0 Å². The lowest BCUT2D eigenvalue weighted by molar-refractivity contribution is -0.122. The van der Waals surface area contributed by atoms with Crippen molar-refractivity contribution >= 4 is 48.4 Å². The standard InChI is InChI=1S/C28H58B2N2O3P2S/c1-4-6-8-10-11-12-13-14-15-17-19-21-28(33)32-26(25-34-38-36-29)24-31-23-22-27(35-37(3)30)20-18-16-9-7-5-2/h26-27,31,36H,4-25H2,1-3H3,(H,32,33). The van der Waals surface area contributed by atoms with Gasteiger partial charge in [-0.15, -0.1) is 0 Å². The Kier molecular flexibility index (Phi) is 31.2. The van der Waals surface area contributed by atoms with Gasteiger partial charge in [0.25, 0.3) is 0 Å². The average molecular weight is 586 g/mol. The molecule has 4 radical (unpaired) electrons. The van der Waals surface area contributed by atoms with Gasteiger partial charge < -0.3 is 19.3 Å². The van der Waals surface area contributed by atoms with Gasteiger partial charge in [-0.3, -0.25) is 4.79 Å². The fourth-order valence-electron chi connectivity index (χ4n) is 4.55. The van der Waals surface area contributed by atoms with Gasteiger partial charge in [-0.1, -0.05) is 118 Å². The molecule has 0 saturated carbocycles. The van der Waals surface area contributed by atoms with E-state index in [4.69, 9.17) is 23.8 Å². The predicted octanol–water partition coefficient (Wildman–Crippen LogP) is 8.35. The minimum Gasteiger partial charge on any atom is -0.367 e. The number of unbranched alkanes of at least 4 members (excludes halogenated alkanes) is 14. The molecule has 0 aliphatic rings. The molecule has 0 aliphatic heterocycles. The first-order valence-electron chi connectivity index (χ1n) is 15.4. The second-order valence-corrected chi connectivity index (χ2v) is 13.7. The third-order valence-corrected chi connectivity index (χ3v) is 8.35. The van der Waals surface area contributed by atoms with Crippen molar-refractivity contribution in [3.8, 4) is 0 Å². The van der Waals surface area contributed by atoms with Crippen LogP contribution in [0.25, 0.3) is 0 Å². The van der Waals surface area contributed by atoms with Crippen LogP contribution in [-0.2, 0) is 13.5 Å². The van der Waals surface area contributed by atoms with Crippen LogP contribution >= 0.6 is 27.4 Å². The maximum Gasteiger partial charge on any atom is 0.220 e. The van der Waals surface area contributed by atoms with Crippen molar-refractivity contribution < 1.29 is 13.5 Å². The van der Waals surface area contributed by atoms with E-state index >= 15 is 0 Å². The van der Waals surface area contributed by atoms with Gasteiger partial charge in [-0.25, -0.2) is 0 Å². The number of carbonyl (C=O) groups is 1. The van der Waals surface area contributed by atoms with Gasteiger partial charge in [0.1, 0.15) is 15.1 Å². The Labute approximate surface area is 246 Å². The number of amides is 1. The average Bonchev–Trinajstić information content (AvgIpc) is 2.89. The summed E-state index contributed by atoms with van der Waals surface area (Å²) in [7, 11) is 10.9. The van der Waals surface area contributed by atoms with Gasteiger partial charge in [-0.05, 0) is 40.5 Å². The van der Waals surface area contributed by atoms with Gasteiger partial charge in [-0.2, -0.15) is 0 Å². The number of nitrogens with one attached hydrogen (secondary N) is 2. The Hall–Kier alpha value is 0.690. The molecular formula is C28H58B2N2O3P2S. The first-order chi connectivity index (χ1) is 18.5. The molecule has 220 valence electrons. The highest BCUT2D eigenvalue weighted by atomic mass is 32.7. The van der Waals surface area contributed by atoms with Crippen molar-refractivity contribution in [1.82, 2.24) is 10.6 Å². The van der Waals surface area contributed by atoms with E-state index in [0.717, 1.165) is 32.2 Å². The molecule has 4 unspecified atom stereocenters. The third kappa shape index (κ3) is 28.2. The summed E-state index contributed by atoms with van der Waals surface area (Å²) in [5.74, 6) is 0.115. The summed E-state index contributed by atoms with van der Waals surface area (Å²) in [6, 6.07) is -0.0646. The zero-order chi connectivity index (χ0) is 28.1. The molecular weight excluding hydrogens is 528 g/mol. The molecule has 2 N–H and O–H groups in total. The Balaban J connectivity index is 4.14. The minimum atomic E-state index is -0.857. The van der Waals surface area contributed by atoms with E-state index in [0.29, 0.717) is 19.6 Å². The zero-order valence-electron chi connectivity index (χ0n) is 24.9. The molecule has 0 spiro atoms. The van der Waals surface area contributed by atoms with Crippen molar-refractivity contribution in [2.24, 2.45) is 0 Å². The van der Waals surface area contributed by atoms with Crippen molar-refractivity contribution in [3.63, 3.8) is 0 Å². The van der Waals surface area contributed by atoms with Crippen molar-refractivity contribution in [2.75, 3.05) is 26.4 Å². The summed E-state index contributed by atoms with van der Waals surface area (Å²) in [6.45, 7) is 8.42. The highest BCUT2D eigenvalue weighted by molar-refractivity contribution is 8.53. The van der Waals surface area contributed by atoms with Crippen LogP contribution in [0.3, 0.4) is 0 Å². The fourth-order valence-corrected chi connectivity index (χ4v) is 5.94. The molecule has 5 nitrogen and oxygen atoms in total. The lowest BCUT2D eigenvalue weighted by atomic mass is 10.1. The van der Waals surface area contributed by atoms with Crippen molar-refractivity contribution in [3.05, 3.63) is 0 Å². The lowest BCUT2D eigenvalue weighted by Gasteiger charge is -2.23. The largest absolute Gasteiger partial charge is 0.367 e. The highest BCUT2D eigenvalue weighted by Gasteiger charge is 2.15. The molecule has 0 aromatic rings. The summed E-state index contributed by atoms with van der Waals surface area (Å²) in [5, 5.41) is 6.66. The van der Waals surface area contributed by atoms with Crippen LogP contribution in [0.2, 0.25) is 0 Å². The molecule has 10 heteroatoms. The summed E-state index contributed by atoms with van der Waals surface area (Å²) in [6.07, 6.45) is 23.2. The van der Waals surface area contributed by atoms with Gasteiger partial charge in [0, 0.05) is 24.6 Å². The van der Waals surface area contributed by atoms with Crippen LogP contribution in [0.1, 0.15) is 136 Å². The molecule has 0 fully saturated rings. The van der Waals surface area contributed by atoms with Crippen LogP contribution in [0, 0.1) is 0 Å². The molecule has 1 amide bonds. The van der Waals surface area contributed by atoms with Gasteiger partial charge in [0.15, 0.2) is 0 Å². The normalized spacial score (nSPS) is 14.2. The molecule has 0 heterocycles. The quantitative estimate of drug-likeness (QED) is 0.0384. The SMILES string of the molecule is [B]PSOCC(CNCCC(CCCCCCC)OP([B])C)NC(=O)CCCCCCCCCCCCC. The monoisotopic (exact) mass is 586 g/mol. The van der Waals surface area contributed by atoms with E-state index in [1.807, 2.05) is 6.66 Å². The topological polar surface area (TPSA) is 59.6 Å². The number of rotatable bonds is 30. The maximum atomic E-state index is 12.5. The molecule has 38 heavy (non-hydrogen) atoms. The Bertz CT molecular complexity index is 515. The van der Waals surface area contributed by atoms with Gasteiger partial charge in [0.2, 0.25) is 5.91 Å². The first-order valence-corrected chi connectivity index (χ1v) is 19.7. The Morgan fingerprint density at radius 2 is 1.42 bits per heavy atom. The minimum absolute atomic E-state index is 0.0646. The second kappa shape index (κ2) is 30.6. The van der Waals surface area contributed by atoms with E-state index in [1.165, 1.54) is 102 Å². The van der Waals surface area contributed by atoms with Crippen LogP contribution < -0.4 is 10.6 Å². The summed E-state index contributed by atoms with van der Waals surface area (Å²) < 4.78 is 11.6. The second-order valence-electron chi connectivity index (χ2n) is 10.5. The number of hydrogen-bond donors (Lipinski definition) is 2. The Morgan fingerprint density at radius 1 is 0.868 bits per heavy atom. The third-order valence-electron chi connectivity index (χ3n) is 6.73. The summed E-state index contributed by atoms with van der Waals surface area (Å²) in [4.78, 5) is 12.5. The van der Waals surface area contributed by atoms with E-state index in [2.05, 4.69) is 24.5 Å². The van der Waals surface area contributed by atoms with Gasteiger partial charge in [0.05, 0.1) is 18.8 Å². The molecule has 0 aliphatic carbocycles. The van der Waals surface area contributed by atoms with Gasteiger partial charge >= 0.3 is 0 Å². The Morgan fingerprint density at radius 3 is 1.97 bits per heavy atom. The smallest absolute Gasteiger partial charge is 0.220 e. The zero-order valence-corrected chi connectivity index (χ0v) is 27.7. The number of carbonyl (C=O) groups excluding carboxylic acids is 1.